The van der Waals surface area contributed by atoms with Crippen molar-refractivity contribution in [3.05, 3.63) is 28.2 Å². The fourth-order valence-corrected chi connectivity index (χ4v) is 3.33. The predicted molar refractivity (Wildman–Crippen MR) is 98.7 cm³/mol. The van der Waals surface area contributed by atoms with Gasteiger partial charge in [-0.2, -0.15) is 11.8 Å². The quantitative estimate of drug-likeness (QED) is 0.699. The highest BCUT2D eigenvalue weighted by Crippen LogP contribution is 2.27. The maximum absolute atomic E-state index is 5.34. The number of ether oxygens (including phenoxy) is 1. The van der Waals surface area contributed by atoms with Crippen molar-refractivity contribution in [2.75, 3.05) is 19.4 Å². The highest BCUT2D eigenvalue weighted by molar-refractivity contribution is 9.10. The molecule has 120 valence electrons. The molecule has 0 bridgehead atoms. The molecule has 21 heavy (non-hydrogen) atoms. The molecule has 1 rings (SSSR count). The number of nitrogens with one attached hydrogen (secondary N) is 1. The van der Waals surface area contributed by atoms with Crippen LogP contribution < -0.4 is 10.1 Å². The van der Waals surface area contributed by atoms with Gasteiger partial charge in [0.25, 0.3) is 0 Å². The molecule has 1 aromatic rings. The average molecular weight is 374 g/mol. The second kappa shape index (κ2) is 9.06. The van der Waals surface area contributed by atoms with Gasteiger partial charge >= 0.3 is 0 Å². The first-order chi connectivity index (χ1) is 9.85. The SMILES string of the molecule is CCCNC(CSC(C)(C)C)Cc1cc(OC)ccc1Br. The zero-order valence-corrected chi connectivity index (χ0v) is 16.2. The number of halogens is 1. The van der Waals surface area contributed by atoms with E-state index in [1.807, 2.05) is 17.8 Å². The molecule has 0 saturated heterocycles. The van der Waals surface area contributed by atoms with Gasteiger partial charge in [-0.05, 0) is 43.1 Å². The van der Waals surface area contributed by atoms with E-state index in [0.29, 0.717) is 10.8 Å². The number of thioether (sulfide) groups is 1. The fourth-order valence-electron chi connectivity index (χ4n) is 1.99. The van der Waals surface area contributed by atoms with Crippen LogP contribution in [0.25, 0.3) is 0 Å². The van der Waals surface area contributed by atoms with E-state index < -0.39 is 0 Å². The second-order valence-electron chi connectivity index (χ2n) is 6.24. The van der Waals surface area contributed by atoms with Crippen LogP contribution in [-0.2, 0) is 6.42 Å². The minimum Gasteiger partial charge on any atom is -0.497 e. The van der Waals surface area contributed by atoms with Crippen LogP contribution in [0.15, 0.2) is 22.7 Å². The summed E-state index contributed by atoms with van der Waals surface area (Å²) < 4.78 is 6.80. The molecule has 0 aromatic heterocycles. The van der Waals surface area contributed by atoms with Gasteiger partial charge in [0, 0.05) is 21.0 Å². The summed E-state index contributed by atoms with van der Waals surface area (Å²) in [5, 5.41) is 3.67. The Bertz CT molecular complexity index is 431. The van der Waals surface area contributed by atoms with Gasteiger partial charge in [-0.15, -0.1) is 0 Å². The maximum Gasteiger partial charge on any atom is 0.119 e. The van der Waals surface area contributed by atoms with E-state index in [4.69, 9.17) is 4.74 Å². The second-order valence-corrected chi connectivity index (χ2v) is 8.94. The number of hydrogen-bond donors (Lipinski definition) is 1. The Morgan fingerprint density at radius 2 is 2.05 bits per heavy atom. The molecule has 0 spiro atoms. The third-order valence-electron chi connectivity index (χ3n) is 3.12. The predicted octanol–water partition coefficient (Wildman–Crippen LogP) is 4.90. The molecule has 0 radical (unpaired) electrons. The molecule has 0 heterocycles. The van der Waals surface area contributed by atoms with Gasteiger partial charge in [0.05, 0.1) is 7.11 Å². The summed E-state index contributed by atoms with van der Waals surface area (Å²) >= 11 is 5.67. The van der Waals surface area contributed by atoms with E-state index in [1.54, 1.807) is 7.11 Å². The van der Waals surface area contributed by atoms with Crippen molar-refractivity contribution in [3.8, 4) is 5.75 Å². The molecule has 0 aliphatic rings. The Balaban J connectivity index is 2.75. The molecule has 0 amide bonds. The summed E-state index contributed by atoms with van der Waals surface area (Å²) in [6.07, 6.45) is 2.18. The molecule has 4 heteroatoms. The van der Waals surface area contributed by atoms with Crippen molar-refractivity contribution >= 4 is 27.7 Å². The van der Waals surface area contributed by atoms with Gasteiger partial charge in [-0.1, -0.05) is 43.6 Å². The van der Waals surface area contributed by atoms with Crippen LogP contribution >= 0.6 is 27.7 Å². The standard InChI is InChI=1S/C17H28BrNOS/c1-6-9-19-14(12-21-17(2,3)4)10-13-11-15(20-5)7-8-16(13)18/h7-8,11,14,19H,6,9-10,12H2,1-5H3. The Morgan fingerprint density at radius 1 is 1.33 bits per heavy atom. The lowest BCUT2D eigenvalue weighted by Gasteiger charge is -2.24. The molecule has 1 aromatic carbocycles. The Labute approximate surface area is 142 Å². The van der Waals surface area contributed by atoms with Crippen molar-refractivity contribution in [1.82, 2.24) is 5.32 Å². The van der Waals surface area contributed by atoms with Crippen molar-refractivity contribution in [2.24, 2.45) is 0 Å². The van der Waals surface area contributed by atoms with Crippen molar-refractivity contribution in [1.29, 1.82) is 0 Å². The van der Waals surface area contributed by atoms with Gasteiger partial charge < -0.3 is 10.1 Å². The first-order valence-corrected chi connectivity index (χ1v) is 9.33. The van der Waals surface area contributed by atoms with Crippen LogP contribution in [-0.4, -0.2) is 30.2 Å². The lowest BCUT2D eigenvalue weighted by atomic mass is 10.1. The summed E-state index contributed by atoms with van der Waals surface area (Å²) in [6.45, 7) is 10.1. The molecular formula is C17H28BrNOS. The average Bonchev–Trinajstić information content (AvgIpc) is 2.43. The Kier molecular flexibility index (Phi) is 8.14. The molecule has 1 unspecified atom stereocenters. The lowest BCUT2D eigenvalue weighted by Crippen LogP contribution is -2.35. The summed E-state index contributed by atoms with van der Waals surface area (Å²) in [6, 6.07) is 6.68. The molecule has 0 fully saturated rings. The van der Waals surface area contributed by atoms with E-state index in [2.05, 4.69) is 61.1 Å². The molecule has 1 N–H and O–H groups in total. The monoisotopic (exact) mass is 373 g/mol. The van der Waals surface area contributed by atoms with E-state index >= 15 is 0 Å². The minimum absolute atomic E-state index is 0.303. The van der Waals surface area contributed by atoms with Crippen LogP contribution in [0.1, 0.15) is 39.7 Å². The number of hydrogen-bond acceptors (Lipinski definition) is 3. The summed E-state index contributed by atoms with van der Waals surface area (Å²) in [7, 11) is 1.72. The number of rotatable bonds is 8. The van der Waals surface area contributed by atoms with Gasteiger partial charge in [-0.3, -0.25) is 0 Å². The van der Waals surface area contributed by atoms with Crippen LogP contribution in [0.3, 0.4) is 0 Å². The van der Waals surface area contributed by atoms with E-state index in [0.717, 1.165) is 35.4 Å². The minimum atomic E-state index is 0.303. The van der Waals surface area contributed by atoms with Crippen molar-refractivity contribution in [2.45, 2.75) is 51.3 Å². The van der Waals surface area contributed by atoms with Crippen LogP contribution in [0.5, 0.6) is 5.75 Å². The first kappa shape index (κ1) is 18.9. The summed E-state index contributed by atoms with van der Waals surface area (Å²) in [5.74, 6) is 2.04. The van der Waals surface area contributed by atoms with Crippen molar-refractivity contribution < 1.29 is 4.74 Å². The van der Waals surface area contributed by atoms with E-state index in [9.17, 15) is 0 Å². The fraction of sp³-hybridized carbons (Fsp3) is 0.647. The van der Waals surface area contributed by atoms with Gasteiger partial charge in [-0.25, -0.2) is 0 Å². The first-order valence-electron chi connectivity index (χ1n) is 7.55. The normalized spacial score (nSPS) is 13.2. The van der Waals surface area contributed by atoms with Gasteiger partial charge in [0.2, 0.25) is 0 Å². The Hall–Kier alpha value is -0.190. The van der Waals surface area contributed by atoms with Gasteiger partial charge in [0.15, 0.2) is 0 Å². The third-order valence-corrected chi connectivity index (χ3v) is 5.33. The van der Waals surface area contributed by atoms with Crippen molar-refractivity contribution in [3.63, 3.8) is 0 Å². The van der Waals surface area contributed by atoms with E-state index in [1.165, 1.54) is 5.56 Å². The number of benzene rings is 1. The smallest absolute Gasteiger partial charge is 0.119 e. The highest BCUT2D eigenvalue weighted by atomic mass is 79.9. The molecule has 0 aliphatic heterocycles. The van der Waals surface area contributed by atoms with Crippen LogP contribution in [0.4, 0.5) is 0 Å². The molecule has 0 aliphatic carbocycles. The molecule has 2 nitrogen and oxygen atoms in total. The lowest BCUT2D eigenvalue weighted by molar-refractivity contribution is 0.413. The van der Waals surface area contributed by atoms with E-state index in [-0.39, 0.29) is 0 Å². The topological polar surface area (TPSA) is 21.3 Å². The number of methoxy groups -OCH3 is 1. The third kappa shape index (κ3) is 7.57. The van der Waals surface area contributed by atoms with Crippen LogP contribution in [0, 0.1) is 0 Å². The Morgan fingerprint density at radius 3 is 2.62 bits per heavy atom. The van der Waals surface area contributed by atoms with Crippen LogP contribution in [0.2, 0.25) is 0 Å². The highest BCUT2D eigenvalue weighted by Gasteiger charge is 2.17. The molecule has 1 atom stereocenters. The maximum atomic E-state index is 5.34. The summed E-state index contributed by atoms with van der Waals surface area (Å²) in [5.41, 5.74) is 1.30. The zero-order valence-electron chi connectivity index (χ0n) is 13.8. The zero-order chi connectivity index (χ0) is 15.9. The van der Waals surface area contributed by atoms with Gasteiger partial charge in [0.1, 0.15) is 5.75 Å². The summed E-state index contributed by atoms with van der Waals surface area (Å²) in [4.78, 5) is 0. The molecule has 0 saturated carbocycles. The largest absolute Gasteiger partial charge is 0.497 e. The molecular weight excluding hydrogens is 346 g/mol.